The van der Waals surface area contributed by atoms with Gasteiger partial charge in [0, 0.05) is 12.1 Å². The Hall–Kier alpha value is -1.17. The molecule has 0 spiro atoms. The normalized spacial score (nSPS) is 15.2. The molecular weight excluding hydrogens is 236 g/mol. The van der Waals surface area contributed by atoms with Crippen LogP contribution in [0, 0.1) is 0 Å². The van der Waals surface area contributed by atoms with Gasteiger partial charge < -0.3 is 5.32 Å². The van der Waals surface area contributed by atoms with Gasteiger partial charge in [-0.15, -0.1) is 6.58 Å². The van der Waals surface area contributed by atoms with Crippen LogP contribution in [0.15, 0.2) is 41.8 Å². The average Bonchev–Trinajstić information content (AvgIpc) is 2.27. The molecule has 0 radical (unpaired) electrons. The lowest BCUT2D eigenvalue weighted by molar-refractivity contribution is 0.536. The molecular formula is C12H18N2O2S. The lowest BCUT2D eigenvalue weighted by atomic mass is 10.1. The Morgan fingerprint density at radius 2 is 1.82 bits per heavy atom. The molecule has 94 valence electrons. The summed E-state index contributed by atoms with van der Waals surface area (Å²) in [5, 5.41) is 8.33. The summed E-state index contributed by atoms with van der Waals surface area (Å²) in [5.41, 5.74) is 1.01. The second-order valence-electron chi connectivity index (χ2n) is 4.03. The standard InChI is InChI=1S/C12H18N2O2S/c1-4-9(2)14-10(3)11-5-7-12(8-6-11)17(13,15)16/h4-10,14H,1H2,2-3H3,(H2,13,15,16). The van der Waals surface area contributed by atoms with Crippen LogP contribution in [0.25, 0.3) is 0 Å². The topological polar surface area (TPSA) is 72.2 Å². The molecule has 2 atom stereocenters. The van der Waals surface area contributed by atoms with E-state index < -0.39 is 10.0 Å². The van der Waals surface area contributed by atoms with Crippen molar-refractivity contribution >= 4 is 10.0 Å². The van der Waals surface area contributed by atoms with Gasteiger partial charge in [-0.25, -0.2) is 13.6 Å². The fourth-order valence-electron chi connectivity index (χ4n) is 1.50. The van der Waals surface area contributed by atoms with Crippen molar-refractivity contribution in [2.24, 2.45) is 5.14 Å². The lowest BCUT2D eigenvalue weighted by Crippen LogP contribution is -2.26. The minimum atomic E-state index is -3.61. The summed E-state index contributed by atoms with van der Waals surface area (Å²) in [4.78, 5) is 0.130. The Morgan fingerprint density at radius 3 is 2.24 bits per heavy atom. The van der Waals surface area contributed by atoms with Gasteiger partial charge in [0.25, 0.3) is 0 Å². The van der Waals surface area contributed by atoms with E-state index in [1.54, 1.807) is 12.1 Å². The van der Waals surface area contributed by atoms with Crippen LogP contribution < -0.4 is 10.5 Å². The van der Waals surface area contributed by atoms with Crippen LogP contribution in [-0.2, 0) is 10.0 Å². The highest BCUT2D eigenvalue weighted by Gasteiger charge is 2.10. The van der Waals surface area contributed by atoms with Gasteiger partial charge in [-0.1, -0.05) is 18.2 Å². The minimum Gasteiger partial charge on any atom is -0.304 e. The Bertz CT molecular complexity index is 480. The minimum absolute atomic E-state index is 0.123. The largest absolute Gasteiger partial charge is 0.304 e. The Labute approximate surface area is 103 Å². The zero-order chi connectivity index (χ0) is 13.1. The van der Waals surface area contributed by atoms with Gasteiger partial charge in [-0.2, -0.15) is 0 Å². The number of hydrogen-bond donors (Lipinski definition) is 2. The van der Waals surface area contributed by atoms with Crippen molar-refractivity contribution in [2.45, 2.75) is 30.8 Å². The zero-order valence-electron chi connectivity index (χ0n) is 10.1. The number of nitrogens with two attached hydrogens (primary N) is 1. The lowest BCUT2D eigenvalue weighted by Gasteiger charge is -2.17. The smallest absolute Gasteiger partial charge is 0.238 e. The molecule has 0 amide bonds. The Morgan fingerprint density at radius 1 is 1.29 bits per heavy atom. The molecule has 0 saturated heterocycles. The van der Waals surface area contributed by atoms with E-state index in [2.05, 4.69) is 11.9 Å². The van der Waals surface area contributed by atoms with Gasteiger partial charge in [0.1, 0.15) is 0 Å². The van der Waals surface area contributed by atoms with Crippen molar-refractivity contribution in [3.63, 3.8) is 0 Å². The second-order valence-corrected chi connectivity index (χ2v) is 5.59. The first-order valence-electron chi connectivity index (χ1n) is 5.36. The van der Waals surface area contributed by atoms with Crippen molar-refractivity contribution in [3.8, 4) is 0 Å². The molecule has 0 aliphatic rings. The van der Waals surface area contributed by atoms with Crippen LogP contribution in [0.5, 0.6) is 0 Å². The molecule has 1 rings (SSSR count). The highest BCUT2D eigenvalue weighted by atomic mass is 32.2. The van der Waals surface area contributed by atoms with Gasteiger partial charge in [0.15, 0.2) is 0 Å². The first-order chi connectivity index (χ1) is 7.84. The molecule has 3 N–H and O–H groups in total. The molecule has 0 aliphatic heterocycles. The molecule has 0 saturated carbocycles. The number of primary sulfonamides is 1. The third-order valence-corrected chi connectivity index (χ3v) is 3.50. The van der Waals surface area contributed by atoms with E-state index in [4.69, 9.17) is 5.14 Å². The van der Waals surface area contributed by atoms with E-state index in [9.17, 15) is 8.42 Å². The number of rotatable bonds is 5. The number of hydrogen-bond acceptors (Lipinski definition) is 3. The van der Waals surface area contributed by atoms with E-state index in [0.717, 1.165) is 5.56 Å². The highest BCUT2D eigenvalue weighted by molar-refractivity contribution is 7.89. The monoisotopic (exact) mass is 254 g/mol. The number of sulfonamides is 1. The van der Waals surface area contributed by atoms with Gasteiger partial charge in [0.05, 0.1) is 4.90 Å². The maximum absolute atomic E-state index is 11.1. The zero-order valence-corrected chi connectivity index (χ0v) is 10.9. The van der Waals surface area contributed by atoms with E-state index >= 15 is 0 Å². The molecule has 0 aromatic heterocycles. The van der Waals surface area contributed by atoms with Gasteiger partial charge in [-0.05, 0) is 31.5 Å². The van der Waals surface area contributed by atoms with E-state index in [-0.39, 0.29) is 17.0 Å². The first-order valence-corrected chi connectivity index (χ1v) is 6.90. The summed E-state index contributed by atoms with van der Waals surface area (Å²) >= 11 is 0. The maximum Gasteiger partial charge on any atom is 0.238 e. The van der Waals surface area contributed by atoms with Crippen molar-refractivity contribution < 1.29 is 8.42 Å². The van der Waals surface area contributed by atoms with Crippen LogP contribution in [0.2, 0.25) is 0 Å². The van der Waals surface area contributed by atoms with Crippen LogP contribution in [-0.4, -0.2) is 14.5 Å². The summed E-state index contributed by atoms with van der Waals surface area (Å²) in [6, 6.07) is 6.86. The third-order valence-electron chi connectivity index (χ3n) is 2.58. The van der Waals surface area contributed by atoms with Gasteiger partial charge in [0.2, 0.25) is 10.0 Å². The van der Waals surface area contributed by atoms with E-state index in [1.165, 1.54) is 12.1 Å². The summed E-state index contributed by atoms with van der Waals surface area (Å²) in [5.74, 6) is 0. The predicted octanol–water partition coefficient (Wildman–Crippen LogP) is 1.56. The fraction of sp³-hybridized carbons (Fsp3) is 0.333. The van der Waals surface area contributed by atoms with Crippen LogP contribution in [0.1, 0.15) is 25.5 Å². The predicted molar refractivity (Wildman–Crippen MR) is 69.0 cm³/mol. The molecule has 0 aliphatic carbocycles. The molecule has 1 aromatic rings. The van der Waals surface area contributed by atoms with Crippen molar-refractivity contribution in [3.05, 3.63) is 42.5 Å². The molecule has 5 heteroatoms. The third kappa shape index (κ3) is 3.96. The van der Waals surface area contributed by atoms with Crippen LogP contribution in [0.3, 0.4) is 0 Å². The van der Waals surface area contributed by atoms with Crippen LogP contribution in [0.4, 0.5) is 0 Å². The van der Waals surface area contributed by atoms with Gasteiger partial charge >= 0.3 is 0 Å². The summed E-state index contributed by atoms with van der Waals surface area (Å²) < 4.78 is 22.2. The van der Waals surface area contributed by atoms with Crippen LogP contribution >= 0.6 is 0 Å². The second kappa shape index (κ2) is 5.44. The summed E-state index contributed by atoms with van der Waals surface area (Å²) in [7, 11) is -3.61. The highest BCUT2D eigenvalue weighted by Crippen LogP contribution is 2.15. The van der Waals surface area contributed by atoms with Crippen molar-refractivity contribution in [2.75, 3.05) is 0 Å². The van der Waals surface area contributed by atoms with E-state index in [1.807, 2.05) is 19.9 Å². The molecule has 0 fully saturated rings. The molecule has 4 nitrogen and oxygen atoms in total. The summed E-state index contributed by atoms with van der Waals surface area (Å²) in [6.45, 7) is 7.70. The molecule has 0 bridgehead atoms. The van der Waals surface area contributed by atoms with Crippen molar-refractivity contribution in [1.29, 1.82) is 0 Å². The molecule has 17 heavy (non-hydrogen) atoms. The number of benzene rings is 1. The molecule has 2 unspecified atom stereocenters. The Balaban J connectivity index is 2.84. The van der Waals surface area contributed by atoms with Gasteiger partial charge in [-0.3, -0.25) is 0 Å². The molecule has 0 heterocycles. The molecule has 1 aromatic carbocycles. The summed E-state index contributed by atoms with van der Waals surface area (Å²) in [6.07, 6.45) is 1.81. The van der Waals surface area contributed by atoms with Crippen molar-refractivity contribution in [1.82, 2.24) is 5.32 Å². The number of nitrogens with one attached hydrogen (secondary N) is 1. The SMILES string of the molecule is C=CC(C)NC(C)c1ccc(S(N)(=O)=O)cc1. The Kier molecular flexibility index (Phi) is 4.45. The van der Waals surface area contributed by atoms with E-state index in [0.29, 0.717) is 0 Å². The maximum atomic E-state index is 11.1. The fourth-order valence-corrected chi connectivity index (χ4v) is 2.02. The quantitative estimate of drug-likeness (QED) is 0.783. The average molecular weight is 254 g/mol. The first kappa shape index (κ1) is 13.9.